The molecule has 0 aromatic heterocycles. The maximum Gasteiger partial charge on any atom is 0.324 e. The van der Waals surface area contributed by atoms with E-state index in [0.717, 1.165) is 22.3 Å². The zero-order chi connectivity index (χ0) is 24.1. The van der Waals surface area contributed by atoms with E-state index in [9.17, 15) is 14.0 Å². The van der Waals surface area contributed by atoms with E-state index in [1.165, 1.54) is 12.1 Å². The Labute approximate surface area is 197 Å². The molecule has 3 amide bonds. The van der Waals surface area contributed by atoms with Gasteiger partial charge in [-0.05, 0) is 65.6 Å². The molecule has 3 aromatic rings. The summed E-state index contributed by atoms with van der Waals surface area (Å²) >= 11 is 0. The number of hydrogen-bond acceptors (Lipinski definition) is 4. The molecule has 4 rings (SSSR count). The van der Waals surface area contributed by atoms with Gasteiger partial charge in [0.05, 0.1) is 19.8 Å². The van der Waals surface area contributed by atoms with Gasteiger partial charge in [-0.15, -0.1) is 0 Å². The Bertz CT molecular complexity index is 1140. The van der Waals surface area contributed by atoms with E-state index >= 15 is 0 Å². The molecular weight excluding hydrogens is 437 g/mol. The highest BCUT2D eigenvalue weighted by atomic mass is 19.1. The molecule has 34 heavy (non-hydrogen) atoms. The van der Waals surface area contributed by atoms with Crippen LogP contribution in [0.5, 0.6) is 0 Å². The molecule has 0 unspecified atom stereocenters. The smallest absolute Gasteiger partial charge is 0.324 e. The number of hydrogen-bond donors (Lipinski definition) is 2. The highest BCUT2D eigenvalue weighted by molar-refractivity contribution is 5.94. The van der Waals surface area contributed by atoms with Crippen LogP contribution in [-0.4, -0.2) is 48.3 Å². The van der Waals surface area contributed by atoms with E-state index in [0.29, 0.717) is 37.6 Å². The number of carbonyl (C=O) groups excluding carboxylic acids is 2. The van der Waals surface area contributed by atoms with Crippen molar-refractivity contribution in [3.63, 3.8) is 0 Å². The molecule has 0 bridgehead atoms. The molecule has 0 spiro atoms. The predicted molar refractivity (Wildman–Crippen MR) is 126 cm³/mol. The second-order valence-corrected chi connectivity index (χ2v) is 8.17. The number of nitrogens with one attached hydrogen (secondary N) is 1. The van der Waals surface area contributed by atoms with E-state index in [2.05, 4.69) is 0 Å². The largest absolute Gasteiger partial charge is 0.378 e. The number of hydroxylamine groups is 1. The van der Waals surface area contributed by atoms with Crippen LogP contribution in [0.3, 0.4) is 0 Å². The molecule has 1 heterocycles. The lowest BCUT2D eigenvalue weighted by atomic mass is 10.0. The van der Waals surface area contributed by atoms with E-state index < -0.39 is 5.91 Å². The minimum atomic E-state index is -0.601. The zero-order valence-electron chi connectivity index (χ0n) is 18.8. The Kier molecular flexibility index (Phi) is 7.20. The number of aryl methyl sites for hydroxylation is 1. The van der Waals surface area contributed by atoms with Gasteiger partial charge in [0.2, 0.25) is 0 Å². The van der Waals surface area contributed by atoms with Gasteiger partial charge in [-0.3, -0.25) is 14.9 Å². The summed E-state index contributed by atoms with van der Waals surface area (Å²) in [6, 6.07) is 18.9. The van der Waals surface area contributed by atoms with Crippen LogP contribution in [0.25, 0.3) is 11.1 Å². The van der Waals surface area contributed by atoms with Crippen molar-refractivity contribution in [3.05, 3.63) is 89.2 Å². The van der Waals surface area contributed by atoms with Crippen molar-refractivity contribution in [1.82, 2.24) is 10.4 Å². The summed E-state index contributed by atoms with van der Waals surface area (Å²) in [5.41, 5.74) is 5.90. The van der Waals surface area contributed by atoms with Crippen LogP contribution in [0, 0.1) is 12.7 Å². The molecular formula is C26H26FN3O4. The summed E-state index contributed by atoms with van der Waals surface area (Å²) < 4.78 is 19.3. The lowest BCUT2D eigenvalue weighted by molar-refractivity contribution is 0.0548. The lowest BCUT2D eigenvalue weighted by Crippen LogP contribution is -2.48. The van der Waals surface area contributed by atoms with Gasteiger partial charge in [0.15, 0.2) is 0 Å². The van der Waals surface area contributed by atoms with Gasteiger partial charge in [0.25, 0.3) is 5.91 Å². The number of rotatable bonds is 5. The second kappa shape index (κ2) is 10.5. The molecule has 0 atom stereocenters. The third-order valence-corrected chi connectivity index (χ3v) is 5.73. The highest BCUT2D eigenvalue weighted by Crippen LogP contribution is 2.27. The van der Waals surface area contributed by atoms with Crippen molar-refractivity contribution in [2.75, 3.05) is 31.2 Å². The number of morpholine rings is 1. The van der Waals surface area contributed by atoms with Crippen LogP contribution >= 0.6 is 0 Å². The van der Waals surface area contributed by atoms with Crippen LogP contribution < -0.4 is 10.4 Å². The number of benzene rings is 3. The van der Waals surface area contributed by atoms with Crippen molar-refractivity contribution in [2.45, 2.75) is 13.5 Å². The minimum absolute atomic E-state index is 0.144. The lowest BCUT2D eigenvalue weighted by Gasteiger charge is -2.33. The maximum absolute atomic E-state index is 13.9. The van der Waals surface area contributed by atoms with E-state index in [1.54, 1.807) is 39.5 Å². The van der Waals surface area contributed by atoms with Gasteiger partial charge >= 0.3 is 6.03 Å². The third kappa shape index (κ3) is 5.41. The van der Waals surface area contributed by atoms with Crippen LogP contribution in [0.15, 0.2) is 66.7 Å². The summed E-state index contributed by atoms with van der Waals surface area (Å²) in [7, 11) is 0. The minimum Gasteiger partial charge on any atom is -0.378 e. The van der Waals surface area contributed by atoms with Gasteiger partial charge in [-0.2, -0.15) is 0 Å². The van der Waals surface area contributed by atoms with E-state index in [-0.39, 0.29) is 18.4 Å². The molecule has 1 saturated heterocycles. The molecule has 7 nitrogen and oxygen atoms in total. The van der Waals surface area contributed by atoms with Crippen molar-refractivity contribution >= 4 is 17.6 Å². The van der Waals surface area contributed by atoms with Gasteiger partial charge in [-0.25, -0.2) is 14.7 Å². The van der Waals surface area contributed by atoms with Crippen molar-refractivity contribution < 1.29 is 23.9 Å². The quantitative estimate of drug-likeness (QED) is 0.435. The number of halogens is 1. The molecule has 2 N–H and O–H groups in total. The number of ether oxygens (including phenoxy) is 1. The number of carbonyl (C=O) groups is 2. The SMILES string of the molecule is Cc1cc(F)cc(-c2ccc(N(Cc3ccc(C(=O)NO)cc3)C(=O)N3CCOCC3)cc2)c1. The summed E-state index contributed by atoms with van der Waals surface area (Å²) in [6.07, 6.45) is 0. The Balaban J connectivity index is 1.62. The normalized spacial score (nSPS) is 13.4. The summed E-state index contributed by atoms with van der Waals surface area (Å²) in [6.45, 7) is 4.12. The monoisotopic (exact) mass is 463 g/mol. The predicted octanol–water partition coefficient (Wildman–Crippen LogP) is 4.38. The second-order valence-electron chi connectivity index (χ2n) is 8.17. The first-order chi connectivity index (χ1) is 16.4. The van der Waals surface area contributed by atoms with Gasteiger partial charge in [0, 0.05) is 24.3 Å². The van der Waals surface area contributed by atoms with Crippen LogP contribution in [0.2, 0.25) is 0 Å². The number of nitrogens with zero attached hydrogens (tertiary/aromatic N) is 2. The average molecular weight is 464 g/mol. The molecule has 0 aliphatic carbocycles. The molecule has 1 aliphatic heterocycles. The zero-order valence-corrected chi connectivity index (χ0v) is 18.8. The first kappa shape index (κ1) is 23.4. The van der Waals surface area contributed by atoms with Gasteiger partial charge in [0.1, 0.15) is 5.82 Å². The topological polar surface area (TPSA) is 82.1 Å². The Morgan fingerprint density at radius 3 is 2.29 bits per heavy atom. The van der Waals surface area contributed by atoms with Crippen molar-refractivity contribution in [1.29, 1.82) is 0 Å². The number of amides is 3. The van der Waals surface area contributed by atoms with Crippen LogP contribution in [0.4, 0.5) is 14.9 Å². The molecule has 0 saturated carbocycles. The van der Waals surface area contributed by atoms with Crippen LogP contribution in [0.1, 0.15) is 21.5 Å². The molecule has 3 aromatic carbocycles. The molecule has 8 heteroatoms. The standard InChI is InChI=1S/C26H26FN3O4/c1-18-14-22(16-23(27)15-18)20-6-8-24(9-7-20)30(26(32)29-10-12-34-13-11-29)17-19-2-4-21(5-3-19)25(31)28-33/h2-9,14-16,33H,10-13,17H2,1H3,(H,28,31). The summed E-state index contributed by atoms with van der Waals surface area (Å²) in [4.78, 5) is 28.4. The number of urea groups is 1. The summed E-state index contributed by atoms with van der Waals surface area (Å²) in [5, 5.41) is 8.81. The molecule has 1 aliphatic rings. The Morgan fingerprint density at radius 1 is 1.00 bits per heavy atom. The molecule has 176 valence electrons. The van der Waals surface area contributed by atoms with Crippen molar-refractivity contribution in [3.8, 4) is 11.1 Å². The molecule has 0 radical (unpaired) electrons. The Morgan fingerprint density at radius 2 is 1.68 bits per heavy atom. The first-order valence-corrected chi connectivity index (χ1v) is 11.0. The molecule has 1 fully saturated rings. The first-order valence-electron chi connectivity index (χ1n) is 11.0. The van der Waals surface area contributed by atoms with Gasteiger partial charge in [-0.1, -0.05) is 30.3 Å². The fourth-order valence-corrected chi connectivity index (χ4v) is 3.94. The third-order valence-electron chi connectivity index (χ3n) is 5.73. The summed E-state index contributed by atoms with van der Waals surface area (Å²) in [5.74, 6) is -0.891. The maximum atomic E-state index is 13.9. The Hall–Kier alpha value is -3.75. The highest BCUT2D eigenvalue weighted by Gasteiger charge is 2.24. The van der Waals surface area contributed by atoms with Crippen LogP contribution in [-0.2, 0) is 11.3 Å². The number of anilines is 1. The van der Waals surface area contributed by atoms with Gasteiger partial charge < -0.3 is 9.64 Å². The van der Waals surface area contributed by atoms with E-state index in [4.69, 9.17) is 9.94 Å². The fourth-order valence-electron chi connectivity index (χ4n) is 3.94. The van der Waals surface area contributed by atoms with E-state index in [1.807, 2.05) is 37.3 Å². The van der Waals surface area contributed by atoms with Crippen molar-refractivity contribution in [2.24, 2.45) is 0 Å². The average Bonchev–Trinajstić information content (AvgIpc) is 2.87. The fraction of sp³-hybridized carbons (Fsp3) is 0.231.